The van der Waals surface area contributed by atoms with E-state index in [0.29, 0.717) is 5.69 Å². The Morgan fingerprint density at radius 2 is 1.95 bits per heavy atom. The maximum absolute atomic E-state index is 11.0. The predicted octanol–water partition coefficient (Wildman–Crippen LogP) is 2.80. The van der Waals surface area contributed by atoms with E-state index in [0.717, 1.165) is 33.4 Å². The van der Waals surface area contributed by atoms with Crippen LogP contribution in [0.25, 0.3) is 22.0 Å². The minimum absolute atomic E-state index is 0.0847. The molecule has 3 N–H and O–H groups in total. The number of nitrogens with one attached hydrogen (secondary N) is 2. The molecule has 0 unspecified atom stereocenters. The normalized spacial score (nSPS) is 11.1. The highest BCUT2D eigenvalue weighted by molar-refractivity contribution is 5.99. The highest BCUT2D eigenvalue weighted by Gasteiger charge is 2.20. The van der Waals surface area contributed by atoms with Gasteiger partial charge in [-0.25, -0.2) is 0 Å². The van der Waals surface area contributed by atoms with Crippen LogP contribution in [0.5, 0.6) is 0 Å². The summed E-state index contributed by atoms with van der Waals surface area (Å²) in [5, 5.41) is 17.1. The summed E-state index contributed by atoms with van der Waals surface area (Å²) in [5.41, 5.74) is 5.44. The molecule has 102 valence electrons. The summed E-state index contributed by atoms with van der Waals surface area (Å²) < 4.78 is 0. The Hall–Kier alpha value is -2.56. The Balaban J connectivity index is 2.28. The molecular formula is C15H15N3O2. The van der Waals surface area contributed by atoms with Crippen molar-refractivity contribution >= 4 is 16.9 Å². The zero-order valence-electron chi connectivity index (χ0n) is 11.3. The number of benzene rings is 1. The lowest BCUT2D eigenvalue weighted by atomic mass is 9.99. The van der Waals surface area contributed by atoms with Crippen molar-refractivity contribution < 1.29 is 9.90 Å². The van der Waals surface area contributed by atoms with E-state index in [1.807, 2.05) is 38.1 Å². The fourth-order valence-corrected chi connectivity index (χ4v) is 2.68. The summed E-state index contributed by atoms with van der Waals surface area (Å²) in [6, 6.07) is 8.00. The van der Waals surface area contributed by atoms with E-state index in [-0.39, 0.29) is 6.42 Å². The third-order valence-corrected chi connectivity index (χ3v) is 3.48. The Bertz CT molecular complexity index is 799. The molecule has 20 heavy (non-hydrogen) atoms. The Labute approximate surface area is 115 Å². The van der Waals surface area contributed by atoms with Crippen LogP contribution < -0.4 is 0 Å². The van der Waals surface area contributed by atoms with E-state index in [1.165, 1.54) is 0 Å². The standard InChI is InChI=1S/C15H15N3O2/c1-8-14(10-5-3-4-6-11(10)16-8)15-9(2)17-18-12(15)7-13(19)20/h3-6,16H,7H2,1-2H3,(H,17,18)(H,19,20). The third-order valence-electron chi connectivity index (χ3n) is 3.48. The molecule has 0 spiro atoms. The van der Waals surface area contributed by atoms with Gasteiger partial charge in [-0.2, -0.15) is 5.10 Å². The van der Waals surface area contributed by atoms with E-state index in [1.54, 1.807) is 0 Å². The van der Waals surface area contributed by atoms with Gasteiger partial charge in [-0.15, -0.1) is 0 Å². The van der Waals surface area contributed by atoms with Gasteiger partial charge in [0.15, 0.2) is 0 Å². The van der Waals surface area contributed by atoms with Crippen LogP contribution in [0.2, 0.25) is 0 Å². The predicted molar refractivity (Wildman–Crippen MR) is 76.7 cm³/mol. The molecule has 2 heterocycles. The van der Waals surface area contributed by atoms with E-state index in [9.17, 15) is 4.79 Å². The smallest absolute Gasteiger partial charge is 0.309 e. The van der Waals surface area contributed by atoms with Gasteiger partial charge in [-0.1, -0.05) is 18.2 Å². The number of carbonyl (C=O) groups is 1. The molecule has 0 bridgehead atoms. The summed E-state index contributed by atoms with van der Waals surface area (Å²) in [6.07, 6.45) is -0.0847. The van der Waals surface area contributed by atoms with Gasteiger partial charge in [0.1, 0.15) is 0 Å². The maximum atomic E-state index is 11.0. The molecule has 0 aliphatic heterocycles. The number of rotatable bonds is 3. The monoisotopic (exact) mass is 269 g/mol. The van der Waals surface area contributed by atoms with Crippen LogP contribution >= 0.6 is 0 Å². The van der Waals surface area contributed by atoms with Gasteiger partial charge in [-0.3, -0.25) is 9.89 Å². The molecule has 5 heteroatoms. The molecular weight excluding hydrogens is 254 g/mol. The van der Waals surface area contributed by atoms with Gasteiger partial charge in [0.05, 0.1) is 12.1 Å². The fourth-order valence-electron chi connectivity index (χ4n) is 2.68. The number of carboxylic acid groups (broad SMARTS) is 1. The number of aryl methyl sites for hydroxylation is 2. The van der Waals surface area contributed by atoms with Gasteiger partial charge in [0.2, 0.25) is 0 Å². The van der Waals surface area contributed by atoms with Crippen molar-refractivity contribution in [3.63, 3.8) is 0 Å². The second kappa shape index (κ2) is 4.52. The van der Waals surface area contributed by atoms with Crippen molar-refractivity contribution in [2.24, 2.45) is 0 Å². The Morgan fingerprint density at radius 1 is 1.20 bits per heavy atom. The minimum atomic E-state index is -0.879. The number of para-hydroxylation sites is 1. The lowest BCUT2D eigenvalue weighted by Crippen LogP contribution is -2.02. The van der Waals surface area contributed by atoms with Gasteiger partial charge in [0.25, 0.3) is 0 Å². The van der Waals surface area contributed by atoms with Crippen LogP contribution in [-0.4, -0.2) is 26.3 Å². The first-order valence-corrected chi connectivity index (χ1v) is 6.41. The van der Waals surface area contributed by atoms with Crippen molar-refractivity contribution in [3.8, 4) is 11.1 Å². The van der Waals surface area contributed by atoms with Gasteiger partial charge < -0.3 is 10.1 Å². The van der Waals surface area contributed by atoms with Crippen LogP contribution in [0, 0.1) is 13.8 Å². The summed E-state index contributed by atoms with van der Waals surface area (Å²) in [5.74, 6) is -0.879. The molecule has 0 aliphatic rings. The molecule has 3 rings (SSSR count). The fraction of sp³-hybridized carbons (Fsp3) is 0.200. The van der Waals surface area contributed by atoms with E-state index < -0.39 is 5.97 Å². The molecule has 2 aromatic heterocycles. The third kappa shape index (κ3) is 1.87. The van der Waals surface area contributed by atoms with E-state index >= 15 is 0 Å². The van der Waals surface area contributed by atoms with Crippen molar-refractivity contribution in [2.45, 2.75) is 20.3 Å². The first-order valence-electron chi connectivity index (χ1n) is 6.41. The van der Waals surface area contributed by atoms with Crippen LogP contribution in [0.1, 0.15) is 17.1 Å². The average Bonchev–Trinajstić information content (AvgIpc) is 2.89. The van der Waals surface area contributed by atoms with Gasteiger partial charge in [-0.05, 0) is 19.9 Å². The average molecular weight is 269 g/mol. The van der Waals surface area contributed by atoms with Crippen molar-refractivity contribution in [3.05, 3.63) is 41.3 Å². The van der Waals surface area contributed by atoms with Gasteiger partial charge >= 0.3 is 5.97 Å². The number of H-pyrrole nitrogens is 2. The maximum Gasteiger partial charge on any atom is 0.309 e. The largest absolute Gasteiger partial charge is 0.481 e. The van der Waals surface area contributed by atoms with Crippen molar-refractivity contribution in [2.75, 3.05) is 0 Å². The van der Waals surface area contributed by atoms with E-state index in [4.69, 9.17) is 5.11 Å². The minimum Gasteiger partial charge on any atom is -0.481 e. The van der Waals surface area contributed by atoms with Gasteiger partial charge in [0, 0.05) is 33.4 Å². The number of nitrogens with zero attached hydrogens (tertiary/aromatic N) is 1. The molecule has 0 radical (unpaired) electrons. The number of hydrogen-bond donors (Lipinski definition) is 3. The summed E-state index contributed by atoms with van der Waals surface area (Å²) >= 11 is 0. The molecule has 0 aliphatic carbocycles. The highest BCUT2D eigenvalue weighted by Crippen LogP contribution is 2.35. The Morgan fingerprint density at radius 3 is 2.70 bits per heavy atom. The van der Waals surface area contributed by atoms with Crippen LogP contribution in [-0.2, 0) is 11.2 Å². The molecule has 1 aromatic carbocycles. The van der Waals surface area contributed by atoms with Crippen LogP contribution in [0.4, 0.5) is 0 Å². The zero-order valence-corrected chi connectivity index (χ0v) is 11.3. The molecule has 0 saturated carbocycles. The molecule has 5 nitrogen and oxygen atoms in total. The Kier molecular flexibility index (Phi) is 2.82. The first-order chi connectivity index (χ1) is 9.58. The SMILES string of the molecule is Cc1[nH]nc(CC(=O)O)c1-c1c(C)[nH]c2ccccc12. The molecule has 0 atom stereocenters. The number of carboxylic acids is 1. The molecule has 0 fully saturated rings. The summed E-state index contributed by atoms with van der Waals surface area (Å²) in [6.45, 7) is 3.90. The number of aromatic nitrogens is 3. The number of aliphatic carboxylic acids is 1. The van der Waals surface area contributed by atoms with Crippen molar-refractivity contribution in [1.82, 2.24) is 15.2 Å². The lowest BCUT2D eigenvalue weighted by molar-refractivity contribution is -0.136. The zero-order chi connectivity index (χ0) is 14.3. The lowest BCUT2D eigenvalue weighted by Gasteiger charge is -2.03. The van der Waals surface area contributed by atoms with Crippen LogP contribution in [0.3, 0.4) is 0 Å². The molecule has 0 saturated heterocycles. The highest BCUT2D eigenvalue weighted by atomic mass is 16.4. The van der Waals surface area contributed by atoms with Crippen LogP contribution in [0.15, 0.2) is 24.3 Å². The molecule has 0 amide bonds. The summed E-state index contributed by atoms with van der Waals surface area (Å²) in [4.78, 5) is 14.3. The quantitative estimate of drug-likeness (QED) is 0.683. The number of fused-ring (bicyclic) bond motifs is 1. The second-order valence-electron chi connectivity index (χ2n) is 4.91. The topological polar surface area (TPSA) is 81.8 Å². The first kappa shape index (κ1) is 12.5. The van der Waals surface area contributed by atoms with E-state index in [2.05, 4.69) is 15.2 Å². The van der Waals surface area contributed by atoms with Crippen molar-refractivity contribution in [1.29, 1.82) is 0 Å². The summed E-state index contributed by atoms with van der Waals surface area (Å²) in [7, 11) is 0. The number of aromatic amines is 2. The second-order valence-corrected chi connectivity index (χ2v) is 4.91. The number of hydrogen-bond acceptors (Lipinski definition) is 2. The molecule has 3 aromatic rings.